The van der Waals surface area contributed by atoms with Gasteiger partial charge < -0.3 is 9.73 Å². The maximum Gasteiger partial charge on any atom is 0.269 e. The predicted molar refractivity (Wildman–Crippen MR) is 109 cm³/mol. The van der Waals surface area contributed by atoms with E-state index in [-0.39, 0.29) is 28.8 Å². The molecule has 0 fully saturated rings. The highest BCUT2D eigenvalue weighted by molar-refractivity contribution is 7.07. The number of furan rings is 1. The topological polar surface area (TPSA) is 81.3 Å². The van der Waals surface area contributed by atoms with Crippen LogP contribution in [0.25, 0.3) is 12.2 Å². The van der Waals surface area contributed by atoms with E-state index >= 15 is 0 Å². The van der Waals surface area contributed by atoms with Crippen LogP contribution in [0, 0.1) is 5.82 Å². The third kappa shape index (κ3) is 5.17. The first-order chi connectivity index (χ1) is 13.8. The Balaban J connectivity index is 2.11. The van der Waals surface area contributed by atoms with Crippen molar-refractivity contribution in [3.05, 3.63) is 79.4 Å². The normalized spacial score (nSPS) is 12.6. The van der Waals surface area contributed by atoms with Gasteiger partial charge in [-0.25, -0.2) is 4.39 Å². The fourth-order valence-electron chi connectivity index (χ4n) is 2.65. The molecule has 0 atom stereocenters. The third-order valence-corrected chi connectivity index (χ3v) is 4.91. The number of hydrogen-bond donors (Lipinski definition) is 1. The second-order valence-electron chi connectivity index (χ2n) is 6.60. The van der Waals surface area contributed by atoms with Crippen LogP contribution in [-0.4, -0.2) is 22.3 Å². The fourth-order valence-corrected chi connectivity index (χ4v) is 3.70. The van der Waals surface area contributed by atoms with Gasteiger partial charge >= 0.3 is 0 Å². The Morgan fingerprint density at radius 3 is 2.72 bits per heavy atom. The Hall–Kier alpha value is -3.26. The summed E-state index contributed by atoms with van der Waals surface area (Å²) in [5.74, 6) is -1.07. The Bertz CT molecular complexity index is 1210. The van der Waals surface area contributed by atoms with Crippen LogP contribution in [0.3, 0.4) is 0 Å². The zero-order valence-electron chi connectivity index (χ0n) is 15.8. The Morgan fingerprint density at radius 1 is 1.28 bits per heavy atom. The molecule has 2 heterocycles. The minimum absolute atomic E-state index is 0.0904. The van der Waals surface area contributed by atoms with Gasteiger partial charge in [-0.15, -0.1) is 11.3 Å². The number of carbonyl (C=O) groups is 2. The molecular weight excluding hydrogens is 395 g/mol. The third-order valence-electron chi connectivity index (χ3n) is 3.85. The second-order valence-corrected chi connectivity index (χ2v) is 7.67. The van der Waals surface area contributed by atoms with Crippen molar-refractivity contribution in [1.82, 2.24) is 9.88 Å². The number of nitrogens with one attached hydrogen (secondary N) is 1. The van der Waals surface area contributed by atoms with E-state index in [1.165, 1.54) is 47.2 Å². The first-order valence-electron chi connectivity index (χ1n) is 8.89. The van der Waals surface area contributed by atoms with Crippen LogP contribution in [0.2, 0.25) is 0 Å². The van der Waals surface area contributed by atoms with Gasteiger partial charge in [0.2, 0.25) is 11.7 Å². The van der Waals surface area contributed by atoms with Crippen molar-refractivity contribution >= 4 is 35.2 Å². The van der Waals surface area contributed by atoms with Crippen molar-refractivity contribution < 1.29 is 18.4 Å². The fraction of sp³-hybridized carbons (Fsp3) is 0.190. The molecule has 0 unspecified atom stereocenters. The summed E-state index contributed by atoms with van der Waals surface area (Å²) in [4.78, 5) is 37.5. The Kier molecular flexibility index (Phi) is 6.23. The number of thiazole rings is 1. The van der Waals surface area contributed by atoms with Crippen molar-refractivity contribution in [2.45, 2.75) is 26.4 Å². The summed E-state index contributed by atoms with van der Waals surface area (Å²) < 4.78 is 20.4. The second kappa shape index (κ2) is 8.83. The number of rotatable bonds is 6. The van der Waals surface area contributed by atoms with Gasteiger partial charge in [-0.2, -0.15) is 0 Å². The molecule has 1 amide bonds. The van der Waals surface area contributed by atoms with Crippen LogP contribution in [0.15, 0.2) is 51.9 Å². The van der Waals surface area contributed by atoms with E-state index in [0.29, 0.717) is 10.2 Å². The van der Waals surface area contributed by atoms with E-state index in [1.807, 2.05) is 13.8 Å². The molecule has 0 aliphatic carbocycles. The number of ketones is 1. The number of aromatic nitrogens is 1. The molecule has 8 heteroatoms. The maximum absolute atomic E-state index is 13.5. The van der Waals surface area contributed by atoms with Gasteiger partial charge in [0.05, 0.1) is 10.8 Å². The lowest BCUT2D eigenvalue weighted by Gasteiger charge is -2.08. The summed E-state index contributed by atoms with van der Waals surface area (Å²) in [5.41, 5.74) is 0.0719. The van der Waals surface area contributed by atoms with Gasteiger partial charge in [-0.1, -0.05) is 12.1 Å². The largest absolute Gasteiger partial charge is 0.461 e. The monoisotopic (exact) mass is 414 g/mol. The molecule has 29 heavy (non-hydrogen) atoms. The van der Waals surface area contributed by atoms with Crippen LogP contribution >= 0.6 is 11.3 Å². The van der Waals surface area contributed by atoms with Crippen molar-refractivity contribution in [2.75, 3.05) is 0 Å². The minimum Gasteiger partial charge on any atom is -0.461 e. The zero-order valence-corrected chi connectivity index (χ0v) is 16.7. The first kappa shape index (κ1) is 20.5. The summed E-state index contributed by atoms with van der Waals surface area (Å²) in [6.45, 7) is 3.39. The molecule has 0 radical (unpaired) electrons. The van der Waals surface area contributed by atoms with E-state index in [2.05, 4.69) is 5.32 Å². The van der Waals surface area contributed by atoms with Crippen LogP contribution in [0.1, 0.15) is 30.0 Å². The minimum atomic E-state index is -0.434. The smallest absolute Gasteiger partial charge is 0.269 e. The lowest BCUT2D eigenvalue weighted by molar-refractivity contribution is -0.122. The van der Waals surface area contributed by atoms with Gasteiger partial charge in [-0.3, -0.25) is 19.0 Å². The lowest BCUT2D eigenvalue weighted by atomic mass is 10.2. The highest BCUT2D eigenvalue weighted by atomic mass is 32.1. The zero-order chi connectivity index (χ0) is 21.0. The van der Waals surface area contributed by atoms with Crippen LogP contribution < -0.4 is 20.1 Å². The Labute approximate surface area is 169 Å². The van der Waals surface area contributed by atoms with E-state index in [9.17, 15) is 18.8 Å². The standard InChI is InChI=1S/C21H19FN2O4S/c1-13(2)23-19(26)12-24-20(11-16(25)17-7-4-8-28-17)29-18(21(24)27)10-14-5-3-6-15(22)9-14/h3-11,13H,12H2,1-2H3,(H,23,26)/b18-10+,20-11-. The van der Waals surface area contributed by atoms with Crippen molar-refractivity contribution in [2.24, 2.45) is 0 Å². The molecule has 0 saturated carbocycles. The van der Waals surface area contributed by atoms with Crippen molar-refractivity contribution in [3.8, 4) is 0 Å². The molecule has 2 aromatic heterocycles. The van der Waals surface area contributed by atoms with Crippen LogP contribution in [0.4, 0.5) is 4.39 Å². The van der Waals surface area contributed by atoms with E-state index in [1.54, 1.807) is 12.1 Å². The molecule has 3 rings (SSSR count). The van der Waals surface area contributed by atoms with Gasteiger partial charge in [-0.05, 0) is 49.8 Å². The van der Waals surface area contributed by atoms with Gasteiger partial charge in [0.15, 0.2) is 5.76 Å². The molecule has 150 valence electrons. The molecule has 1 N–H and O–H groups in total. The average molecular weight is 414 g/mol. The molecular formula is C21H19FN2O4S. The van der Waals surface area contributed by atoms with E-state index in [0.717, 1.165) is 11.3 Å². The Morgan fingerprint density at radius 2 is 2.07 bits per heavy atom. The summed E-state index contributed by atoms with van der Waals surface area (Å²) in [6.07, 6.45) is 4.17. The van der Waals surface area contributed by atoms with Crippen LogP contribution in [0.5, 0.6) is 0 Å². The van der Waals surface area contributed by atoms with E-state index < -0.39 is 17.2 Å². The van der Waals surface area contributed by atoms with Crippen LogP contribution in [-0.2, 0) is 11.3 Å². The summed E-state index contributed by atoms with van der Waals surface area (Å²) in [5, 5.41) is 2.72. The summed E-state index contributed by atoms with van der Waals surface area (Å²) >= 11 is 1.05. The molecule has 0 aliphatic heterocycles. The molecule has 0 spiro atoms. The number of nitrogens with zero attached hydrogens (tertiary/aromatic N) is 1. The van der Waals surface area contributed by atoms with Crippen molar-refractivity contribution in [3.63, 3.8) is 0 Å². The highest BCUT2D eigenvalue weighted by Crippen LogP contribution is 2.04. The number of hydrogen-bond acceptors (Lipinski definition) is 5. The molecule has 0 aliphatic rings. The highest BCUT2D eigenvalue weighted by Gasteiger charge is 2.13. The van der Waals surface area contributed by atoms with Crippen molar-refractivity contribution in [1.29, 1.82) is 0 Å². The maximum atomic E-state index is 13.5. The number of amides is 1. The van der Waals surface area contributed by atoms with Gasteiger partial charge in [0.1, 0.15) is 17.0 Å². The number of carbonyl (C=O) groups excluding carboxylic acids is 2. The lowest BCUT2D eigenvalue weighted by Crippen LogP contribution is -2.40. The quantitative estimate of drug-likeness (QED) is 0.622. The predicted octanol–water partition coefficient (Wildman–Crippen LogP) is 1.66. The van der Waals surface area contributed by atoms with E-state index in [4.69, 9.17) is 4.42 Å². The molecule has 1 aromatic carbocycles. The SMILES string of the molecule is CC(C)NC(=O)Cn1c(=O)/c(=C\c2cccc(F)c2)s/c1=C\C(=O)c1ccco1. The number of halogens is 1. The molecule has 0 saturated heterocycles. The molecule has 3 aromatic rings. The van der Waals surface area contributed by atoms with Gasteiger partial charge in [0.25, 0.3) is 5.56 Å². The summed E-state index contributed by atoms with van der Waals surface area (Å²) in [6, 6.07) is 8.81. The number of Topliss-reactive ketones (excluding diaryl/α,β-unsaturated/α-hetero) is 1. The average Bonchev–Trinajstić information content (AvgIpc) is 3.26. The number of benzene rings is 1. The summed E-state index contributed by atoms with van der Waals surface area (Å²) in [7, 11) is 0. The molecule has 0 bridgehead atoms. The first-order valence-corrected chi connectivity index (χ1v) is 9.71. The van der Waals surface area contributed by atoms with Gasteiger partial charge in [0, 0.05) is 12.1 Å². The molecule has 6 nitrogen and oxygen atoms in total.